The van der Waals surface area contributed by atoms with Gasteiger partial charge in [-0.2, -0.15) is 0 Å². The molecule has 9 nitrogen and oxygen atoms in total. The van der Waals surface area contributed by atoms with E-state index in [0.29, 0.717) is 39.1 Å². The van der Waals surface area contributed by atoms with Gasteiger partial charge in [0, 0.05) is 19.3 Å². The molecule has 3 atom stereocenters. The van der Waals surface area contributed by atoms with Gasteiger partial charge in [0.05, 0.1) is 32.3 Å². The van der Waals surface area contributed by atoms with Gasteiger partial charge in [-0.15, -0.1) is 0 Å². The van der Waals surface area contributed by atoms with E-state index in [-0.39, 0.29) is 49.1 Å². The number of rotatable bonds is 50. The molecule has 0 spiro atoms. The van der Waals surface area contributed by atoms with E-state index in [1.807, 2.05) is 30.3 Å². The first-order valence-corrected chi connectivity index (χ1v) is 28.7. The Morgan fingerprint density at radius 1 is 0.397 bits per heavy atom. The lowest BCUT2D eigenvalue weighted by Crippen LogP contribution is -2.24. The molecule has 0 radical (unpaired) electrons. The van der Waals surface area contributed by atoms with E-state index in [4.69, 9.17) is 23.7 Å². The molecule has 0 aliphatic carbocycles. The highest BCUT2D eigenvalue weighted by Crippen LogP contribution is 2.20. The maximum atomic E-state index is 13.2. The van der Waals surface area contributed by atoms with Crippen LogP contribution >= 0.6 is 0 Å². The number of benzene rings is 1. The zero-order chi connectivity index (χ0) is 49.4. The molecule has 394 valence electrons. The van der Waals surface area contributed by atoms with E-state index in [2.05, 4.69) is 27.7 Å². The standard InChI is InChI=1S/C59H104O9/c1-5-9-13-17-21-32-42-54(40-30-15-11-7-3)67-57(61)44-34-23-19-25-36-48-65-56(60)47-46-53(51-64-50-52-38-28-27-29-39-52)59(63)66-49-37-26-20-24-35-45-58(62)68-55(41-31-16-12-8-4)43-33-22-18-14-10-6-2/h27-29,38-39,53-55H,5-26,30-37,40-51H2,1-4H3. The average molecular weight is 957 g/mol. The van der Waals surface area contributed by atoms with Crippen molar-refractivity contribution in [2.24, 2.45) is 5.92 Å². The summed E-state index contributed by atoms with van der Waals surface area (Å²) in [6.07, 6.45) is 38.7. The lowest BCUT2D eigenvalue weighted by Gasteiger charge is -2.18. The molecule has 0 N–H and O–H groups in total. The minimum atomic E-state index is -0.563. The molecule has 9 heteroatoms. The highest BCUT2D eigenvalue weighted by atomic mass is 16.6. The largest absolute Gasteiger partial charge is 0.466 e. The molecule has 0 heterocycles. The molecule has 0 aliphatic rings. The molecule has 1 rings (SSSR count). The average Bonchev–Trinajstić information content (AvgIpc) is 3.34. The van der Waals surface area contributed by atoms with Crippen molar-refractivity contribution in [2.45, 2.75) is 291 Å². The van der Waals surface area contributed by atoms with E-state index in [0.717, 1.165) is 121 Å². The zero-order valence-electron chi connectivity index (χ0n) is 44.5. The molecular weight excluding hydrogens is 853 g/mol. The monoisotopic (exact) mass is 957 g/mol. The summed E-state index contributed by atoms with van der Waals surface area (Å²) in [5.74, 6) is -1.35. The molecule has 0 saturated carbocycles. The van der Waals surface area contributed by atoms with Gasteiger partial charge in [0.1, 0.15) is 12.2 Å². The fourth-order valence-electron chi connectivity index (χ4n) is 8.72. The van der Waals surface area contributed by atoms with Crippen LogP contribution in [0.2, 0.25) is 0 Å². The van der Waals surface area contributed by atoms with Crippen LogP contribution in [-0.4, -0.2) is 55.9 Å². The normalized spacial score (nSPS) is 12.6. The van der Waals surface area contributed by atoms with Crippen LogP contribution in [0.1, 0.15) is 277 Å². The fraction of sp³-hybridized carbons (Fsp3) is 0.831. The van der Waals surface area contributed by atoms with Crippen LogP contribution in [0.25, 0.3) is 0 Å². The van der Waals surface area contributed by atoms with Gasteiger partial charge in [-0.3, -0.25) is 19.2 Å². The predicted molar refractivity (Wildman–Crippen MR) is 279 cm³/mol. The van der Waals surface area contributed by atoms with E-state index in [9.17, 15) is 19.2 Å². The van der Waals surface area contributed by atoms with Gasteiger partial charge in [-0.25, -0.2) is 0 Å². The summed E-state index contributed by atoms with van der Waals surface area (Å²) in [7, 11) is 0. The van der Waals surface area contributed by atoms with Crippen molar-refractivity contribution in [3.05, 3.63) is 35.9 Å². The van der Waals surface area contributed by atoms with Crippen molar-refractivity contribution in [2.75, 3.05) is 19.8 Å². The van der Waals surface area contributed by atoms with Crippen molar-refractivity contribution in [3.8, 4) is 0 Å². The van der Waals surface area contributed by atoms with Crippen molar-refractivity contribution in [1.82, 2.24) is 0 Å². The Labute approximate surface area is 417 Å². The molecule has 0 aromatic heterocycles. The van der Waals surface area contributed by atoms with Crippen molar-refractivity contribution >= 4 is 23.9 Å². The van der Waals surface area contributed by atoms with Gasteiger partial charge >= 0.3 is 23.9 Å². The van der Waals surface area contributed by atoms with Crippen molar-refractivity contribution in [1.29, 1.82) is 0 Å². The summed E-state index contributed by atoms with van der Waals surface area (Å²) < 4.78 is 29.1. The summed E-state index contributed by atoms with van der Waals surface area (Å²) in [4.78, 5) is 51.4. The predicted octanol–water partition coefficient (Wildman–Crippen LogP) is 16.6. The Morgan fingerprint density at radius 3 is 1.24 bits per heavy atom. The second kappa shape index (κ2) is 47.7. The molecule has 0 saturated heterocycles. The number of hydrogen-bond acceptors (Lipinski definition) is 9. The number of carbonyl (C=O) groups excluding carboxylic acids is 4. The first kappa shape index (κ1) is 63.1. The number of unbranched alkanes of at least 4 members (excludes halogenated alkanes) is 24. The maximum Gasteiger partial charge on any atom is 0.311 e. The minimum absolute atomic E-state index is 0.0537. The SMILES string of the molecule is CCCCCCCCC(CCCCCC)OC(=O)CCCCCCCOC(=O)CCC(COCc1ccccc1)C(=O)OCCCCCCCC(=O)OC(CCCCCC)CCCCCCCC. The number of carbonyl (C=O) groups is 4. The van der Waals surface area contributed by atoms with Crippen molar-refractivity contribution < 1.29 is 42.9 Å². The minimum Gasteiger partial charge on any atom is -0.466 e. The van der Waals surface area contributed by atoms with Gasteiger partial charge in [0.2, 0.25) is 0 Å². The van der Waals surface area contributed by atoms with Gasteiger partial charge in [-0.1, -0.05) is 199 Å². The number of hydrogen-bond donors (Lipinski definition) is 0. The topological polar surface area (TPSA) is 114 Å². The molecule has 1 aromatic rings. The molecule has 0 amide bonds. The highest BCUT2D eigenvalue weighted by Gasteiger charge is 2.23. The highest BCUT2D eigenvalue weighted by molar-refractivity contribution is 5.74. The van der Waals surface area contributed by atoms with Crippen molar-refractivity contribution in [3.63, 3.8) is 0 Å². The fourth-order valence-corrected chi connectivity index (χ4v) is 8.72. The summed E-state index contributed by atoms with van der Waals surface area (Å²) in [6, 6.07) is 9.82. The lowest BCUT2D eigenvalue weighted by atomic mass is 10.0. The Kier molecular flexibility index (Phi) is 44.3. The van der Waals surface area contributed by atoms with Crippen LogP contribution in [0.5, 0.6) is 0 Å². The Morgan fingerprint density at radius 2 is 0.779 bits per heavy atom. The smallest absolute Gasteiger partial charge is 0.311 e. The summed E-state index contributed by atoms with van der Waals surface area (Å²) in [5.41, 5.74) is 1.02. The summed E-state index contributed by atoms with van der Waals surface area (Å²) >= 11 is 0. The summed E-state index contributed by atoms with van der Waals surface area (Å²) in [5, 5.41) is 0. The van der Waals surface area contributed by atoms with Crippen LogP contribution in [0.3, 0.4) is 0 Å². The zero-order valence-corrected chi connectivity index (χ0v) is 44.5. The van der Waals surface area contributed by atoms with Crippen LogP contribution in [0.15, 0.2) is 30.3 Å². The van der Waals surface area contributed by atoms with Crippen LogP contribution < -0.4 is 0 Å². The van der Waals surface area contributed by atoms with Crippen LogP contribution in [0.4, 0.5) is 0 Å². The first-order chi connectivity index (χ1) is 33.3. The molecule has 1 aromatic carbocycles. The van der Waals surface area contributed by atoms with Gasteiger partial charge < -0.3 is 23.7 Å². The maximum absolute atomic E-state index is 13.2. The first-order valence-electron chi connectivity index (χ1n) is 28.7. The number of ether oxygens (including phenoxy) is 5. The quantitative estimate of drug-likeness (QED) is 0.0358. The third kappa shape index (κ3) is 39.9. The van der Waals surface area contributed by atoms with Gasteiger partial charge in [0.15, 0.2) is 0 Å². The van der Waals surface area contributed by atoms with E-state index >= 15 is 0 Å². The van der Waals surface area contributed by atoms with E-state index < -0.39 is 5.92 Å². The van der Waals surface area contributed by atoms with E-state index in [1.54, 1.807) is 0 Å². The lowest BCUT2D eigenvalue weighted by molar-refractivity contribution is -0.153. The second-order valence-electron chi connectivity index (χ2n) is 19.7. The molecule has 0 fully saturated rings. The number of esters is 4. The molecule has 68 heavy (non-hydrogen) atoms. The van der Waals surface area contributed by atoms with Crippen LogP contribution in [-0.2, 0) is 49.5 Å². The molecule has 0 aliphatic heterocycles. The molecular formula is C59H104O9. The third-order valence-corrected chi connectivity index (χ3v) is 13.1. The summed E-state index contributed by atoms with van der Waals surface area (Å²) in [6.45, 7) is 10.1. The second-order valence-corrected chi connectivity index (χ2v) is 19.7. The Balaban J connectivity index is 2.36. The van der Waals surface area contributed by atoms with Crippen LogP contribution in [0, 0.1) is 5.92 Å². The van der Waals surface area contributed by atoms with Gasteiger partial charge in [-0.05, 0) is 89.0 Å². The van der Waals surface area contributed by atoms with E-state index in [1.165, 1.54) is 103 Å². The Hall–Kier alpha value is -2.94. The van der Waals surface area contributed by atoms with Gasteiger partial charge in [0.25, 0.3) is 0 Å². The molecule has 3 unspecified atom stereocenters. The molecule has 0 bridgehead atoms. The third-order valence-electron chi connectivity index (χ3n) is 13.1. The Bertz CT molecular complexity index is 1300.